The molecule has 0 aliphatic rings. The van der Waals surface area contributed by atoms with E-state index < -0.39 is 0 Å². The lowest BCUT2D eigenvalue weighted by molar-refractivity contribution is -0.256. The van der Waals surface area contributed by atoms with Crippen molar-refractivity contribution in [1.29, 1.82) is 5.26 Å². The third kappa shape index (κ3) is 1.79. The van der Waals surface area contributed by atoms with Crippen LogP contribution in [-0.4, -0.2) is 7.11 Å². The Morgan fingerprint density at radius 2 is 2.23 bits per heavy atom. The van der Waals surface area contributed by atoms with Gasteiger partial charge in [0.05, 0.1) is 19.6 Å². The number of benzene rings is 1. The summed E-state index contributed by atoms with van der Waals surface area (Å²) in [5, 5.41) is 8.57. The van der Waals surface area contributed by atoms with Crippen molar-refractivity contribution in [1.82, 2.24) is 0 Å². The molecule has 0 bridgehead atoms. The van der Waals surface area contributed by atoms with Crippen LogP contribution >= 0.6 is 0 Å². The Labute approximate surface area is 77.7 Å². The van der Waals surface area contributed by atoms with E-state index in [0.29, 0.717) is 6.42 Å². The van der Waals surface area contributed by atoms with Crippen LogP contribution in [-0.2, 0) is 6.42 Å². The Bertz CT molecular complexity index is 353. The number of nitriles is 1. The number of methoxy groups -OCH3 is 1. The highest BCUT2D eigenvalue weighted by Crippen LogP contribution is 2.27. The van der Waals surface area contributed by atoms with Gasteiger partial charge >= 0.3 is 0 Å². The van der Waals surface area contributed by atoms with Gasteiger partial charge in [0.15, 0.2) is 11.4 Å². The predicted molar refractivity (Wildman–Crippen MR) is 49.6 cm³/mol. The molecular weight excluding hydrogens is 164 g/mol. The molecule has 0 radical (unpaired) electrons. The van der Waals surface area contributed by atoms with E-state index in [-0.39, 0.29) is 0 Å². The summed E-state index contributed by atoms with van der Waals surface area (Å²) in [7, 11) is 1.62. The number of ether oxygens (including phenoxy) is 1. The highest BCUT2D eigenvalue weighted by Gasteiger charge is 2.09. The summed E-state index contributed by atoms with van der Waals surface area (Å²) in [5.74, 6) is 0.785. The highest BCUT2D eigenvalue weighted by atomic mass is 16.5. The first-order valence-electron chi connectivity index (χ1n) is 4.06. The van der Waals surface area contributed by atoms with Crippen molar-refractivity contribution in [2.75, 3.05) is 7.11 Å². The van der Waals surface area contributed by atoms with Gasteiger partial charge < -0.3 is 10.5 Å². The molecule has 68 valence electrons. The van der Waals surface area contributed by atoms with Crippen LogP contribution in [0.15, 0.2) is 12.1 Å². The first-order chi connectivity index (χ1) is 6.20. The lowest BCUT2D eigenvalue weighted by atomic mass is 10.0. The number of nitrogens with zero attached hydrogens (tertiary/aromatic N) is 1. The zero-order valence-electron chi connectivity index (χ0n) is 7.92. The van der Waals surface area contributed by atoms with Crippen LogP contribution in [0.4, 0.5) is 5.69 Å². The SMILES string of the molecule is COc1c([NH3+])ccc(CC#N)c1C. The maximum Gasteiger partial charge on any atom is 0.182 e. The molecule has 0 spiro atoms. The molecule has 0 aliphatic heterocycles. The van der Waals surface area contributed by atoms with Crippen molar-refractivity contribution in [3.63, 3.8) is 0 Å². The first kappa shape index (κ1) is 9.56. The molecule has 3 heteroatoms. The summed E-state index contributed by atoms with van der Waals surface area (Å²) in [5.41, 5.74) is 6.73. The van der Waals surface area contributed by atoms with Crippen molar-refractivity contribution in [3.8, 4) is 11.8 Å². The molecule has 0 amide bonds. The molecule has 0 saturated heterocycles. The number of rotatable bonds is 2. The van der Waals surface area contributed by atoms with Crippen LogP contribution in [0.1, 0.15) is 11.1 Å². The minimum Gasteiger partial charge on any atom is -0.491 e. The molecule has 0 aromatic heterocycles. The quantitative estimate of drug-likeness (QED) is 0.730. The summed E-state index contributed by atoms with van der Waals surface area (Å²) in [4.78, 5) is 0. The van der Waals surface area contributed by atoms with Crippen LogP contribution in [0.3, 0.4) is 0 Å². The van der Waals surface area contributed by atoms with E-state index in [4.69, 9.17) is 10.00 Å². The fourth-order valence-electron chi connectivity index (χ4n) is 1.35. The van der Waals surface area contributed by atoms with Gasteiger partial charge in [0.1, 0.15) is 0 Å². The molecule has 1 aromatic rings. The highest BCUT2D eigenvalue weighted by molar-refractivity contribution is 5.53. The second-order valence-electron chi connectivity index (χ2n) is 2.88. The Morgan fingerprint density at radius 1 is 1.54 bits per heavy atom. The molecule has 0 aliphatic carbocycles. The van der Waals surface area contributed by atoms with Gasteiger partial charge in [-0.05, 0) is 12.5 Å². The molecule has 0 heterocycles. The van der Waals surface area contributed by atoms with Crippen molar-refractivity contribution in [3.05, 3.63) is 23.3 Å². The third-order valence-electron chi connectivity index (χ3n) is 2.07. The van der Waals surface area contributed by atoms with Crippen molar-refractivity contribution in [2.24, 2.45) is 0 Å². The van der Waals surface area contributed by atoms with E-state index in [1.807, 2.05) is 19.1 Å². The third-order valence-corrected chi connectivity index (χ3v) is 2.07. The van der Waals surface area contributed by atoms with Crippen molar-refractivity contribution < 1.29 is 10.5 Å². The summed E-state index contributed by atoms with van der Waals surface area (Å²) in [6, 6.07) is 5.91. The van der Waals surface area contributed by atoms with E-state index in [9.17, 15) is 0 Å². The average Bonchev–Trinajstić information content (AvgIpc) is 2.11. The number of hydrogen-bond acceptors (Lipinski definition) is 2. The Kier molecular flexibility index (Phi) is 2.88. The minimum atomic E-state index is 0.419. The predicted octanol–water partition coefficient (Wildman–Crippen LogP) is 0.943. The number of hydrogen-bond donors (Lipinski definition) is 1. The van der Waals surface area contributed by atoms with Gasteiger partial charge in [-0.25, -0.2) is 0 Å². The van der Waals surface area contributed by atoms with E-state index in [1.165, 1.54) is 0 Å². The zero-order chi connectivity index (χ0) is 9.84. The van der Waals surface area contributed by atoms with E-state index in [2.05, 4.69) is 11.8 Å². The lowest BCUT2D eigenvalue weighted by Crippen LogP contribution is -2.40. The molecular formula is C10H13N2O+. The van der Waals surface area contributed by atoms with Gasteiger partial charge in [-0.15, -0.1) is 0 Å². The molecule has 13 heavy (non-hydrogen) atoms. The molecule has 3 N–H and O–H groups in total. The average molecular weight is 177 g/mol. The van der Waals surface area contributed by atoms with Crippen molar-refractivity contribution in [2.45, 2.75) is 13.3 Å². The van der Waals surface area contributed by atoms with Gasteiger partial charge in [-0.3, -0.25) is 0 Å². The first-order valence-corrected chi connectivity index (χ1v) is 4.06. The maximum atomic E-state index is 8.57. The smallest absolute Gasteiger partial charge is 0.182 e. The number of quaternary nitrogens is 1. The van der Waals surface area contributed by atoms with Crippen molar-refractivity contribution >= 4 is 5.69 Å². The van der Waals surface area contributed by atoms with Crippen LogP contribution in [0, 0.1) is 18.3 Å². The van der Waals surface area contributed by atoms with E-state index in [1.54, 1.807) is 7.11 Å². The van der Waals surface area contributed by atoms with E-state index in [0.717, 1.165) is 22.6 Å². The lowest BCUT2D eigenvalue weighted by Gasteiger charge is -2.08. The topological polar surface area (TPSA) is 60.7 Å². The second-order valence-corrected chi connectivity index (χ2v) is 2.88. The molecule has 0 atom stereocenters. The molecule has 1 aromatic carbocycles. The largest absolute Gasteiger partial charge is 0.491 e. The minimum absolute atomic E-state index is 0.419. The van der Waals surface area contributed by atoms with Crippen LogP contribution in [0.5, 0.6) is 5.75 Å². The Hall–Kier alpha value is -1.53. The van der Waals surface area contributed by atoms with Gasteiger partial charge in [-0.2, -0.15) is 5.26 Å². The van der Waals surface area contributed by atoms with Crippen LogP contribution in [0.2, 0.25) is 0 Å². The molecule has 0 saturated carbocycles. The Balaban J connectivity index is 3.21. The Morgan fingerprint density at radius 3 is 2.77 bits per heavy atom. The zero-order valence-corrected chi connectivity index (χ0v) is 7.92. The maximum absolute atomic E-state index is 8.57. The van der Waals surface area contributed by atoms with E-state index >= 15 is 0 Å². The normalized spacial score (nSPS) is 9.38. The summed E-state index contributed by atoms with van der Waals surface area (Å²) in [6.45, 7) is 1.94. The standard InChI is InChI=1S/C10H12N2O/c1-7-8(5-6-11)3-4-9(12)10(7)13-2/h3-4H,5,12H2,1-2H3/p+1. The second kappa shape index (κ2) is 3.92. The molecule has 3 nitrogen and oxygen atoms in total. The van der Waals surface area contributed by atoms with Gasteiger partial charge in [0.25, 0.3) is 0 Å². The molecule has 0 fully saturated rings. The summed E-state index contributed by atoms with van der Waals surface area (Å²) in [6.07, 6.45) is 0.419. The van der Waals surface area contributed by atoms with Gasteiger partial charge in [0, 0.05) is 11.6 Å². The fraction of sp³-hybridized carbons (Fsp3) is 0.300. The van der Waals surface area contributed by atoms with Gasteiger partial charge in [-0.1, -0.05) is 6.07 Å². The molecule has 1 rings (SSSR count). The van der Waals surface area contributed by atoms with Crippen LogP contribution < -0.4 is 10.5 Å². The molecule has 0 unspecified atom stereocenters. The summed E-state index contributed by atoms with van der Waals surface area (Å²) < 4.78 is 5.19. The van der Waals surface area contributed by atoms with Gasteiger partial charge in [0.2, 0.25) is 0 Å². The fourth-order valence-corrected chi connectivity index (χ4v) is 1.35. The van der Waals surface area contributed by atoms with Crippen LogP contribution in [0.25, 0.3) is 0 Å². The monoisotopic (exact) mass is 177 g/mol. The summed E-state index contributed by atoms with van der Waals surface area (Å²) >= 11 is 0.